The van der Waals surface area contributed by atoms with Crippen molar-refractivity contribution in [3.05, 3.63) is 0 Å². The predicted molar refractivity (Wildman–Crippen MR) is 63.7 cm³/mol. The first-order valence-electron chi connectivity index (χ1n) is 6.39. The van der Waals surface area contributed by atoms with Gasteiger partial charge in [-0.15, -0.1) is 0 Å². The van der Waals surface area contributed by atoms with Crippen molar-refractivity contribution < 1.29 is 14.3 Å². The number of carbonyl (C=O) groups excluding carboxylic acids is 2. The highest BCUT2D eigenvalue weighted by Crippen LogP contribution is 2.41. The third kappa shape index (κ3) is 2.45. The quantitative estimate of drug-likeness (QED) is 0.660. The van der Waals surface area contributed by atoms with E-state index in [1.807, 2.05) is 20.8 Å². The van der Waals surface area contributed by atoms with E-state index in [0.29, 0.717) is 5.92 Å². The average Bonchev–Trinajstić information content (AvgIpc) is 2.71. The molecule has 17 heavy (non-hydrogen) atoms. The number of fused-ring (bicyclic) bond motifs is 1. The Bertz CT molecular complexity index is 321. The number of aldehydes is 1. The largest absolute Gasteiger partial charge is 0.444 e. The zero-order valence-corrected chi connectivity index (χ0v) is 10.8. The Morgan fingerprint density at radius 1 is 1.35 bits per heavy atom. The van der Waals surface area contributed by atoms with Crippen LogP contribution in [0, 0.1) is 5.92 Å². The Morgan fingerprint density at radius 3 is 2.65 bits per heavy atom. The van der Waals surface area contributed by atoms with Crippen LogP contribution in [0.2, 0.25) is 0 Å². The molecular formula is C13H21NO3. The summed E-state index contributed by atoms with van der Waals surface area (Å²) in [6.07, 6.45) is 4.67. The highest BCUT2D eigenvalue weighted by atomic mass is 16.6. The van der Waals surface area contributed by atoms with Crippen molar-refractivity contribution in [2.45, 2.75) is 64.1 Å². The summed E-state index contributed by atoms with van der Waals surface area (Å²) in [5, 5.41) is 0. The fraction of sp³-hybridized carbons (Fsp3) is 0.846. The van der Waals surface area contributed by atoms with E-state index in [1.54, 1.807) is 4.90 Å². The molecule has 1 aliphatic carbocycles. The van der Waals surface area contributed by atoms with Gasteiger partial charge < -0.3 is 9.53 Å². The van der Waals surface area contributed by atoms with E-state index >= 15 is 0 Å². The molecule has 4 heteroatoms. The number of amides is 1. The maximum atomic E-state index is 12.1. The summed E-state index contributed by atoms with van der Waals surface area (Å²) in [7, 11) is 0. The van der Waals surface area contributed by atoms with Gasteiger partial charge in [0, 0.05) is 6.04 Å². The smallest absolute Gasteiger partial charge is 0.411 e. The van der Waals surface area contributed by atoms with Crippen LogP contribution < -0.4 is 0 Å². The Labute approximate surface area is 102 Å². The zero-order valence-electron chi connectivity index (χ0n) is 10.8. The number of hydrogen-bond donors (Lipinski definition) is 0. The molecule has 0 aromatic rings. The molecule has 0 N–H and O–H groups in total. The van der Waals surface area contributed by atoms with Crippen molar-refractivity contribution in [2.75, 3.05) is 0 Å². The molecule has 1 heterocycles. The molecule has 2 aliphatic rings. The molecule has 0 unspecified atom stereocenters. The van der Waals surface area contributed by atoms with Crippen molar-refractivity contribution in [2.24, 2.45) is 5.92 Å². The molecule has 1 amide bonds. The molecule has 0 radical (unpaired) electrons. The Morgan fingerprint density at radius 2 is 2.06 bits per heavy atom. The Hall–Kier alpha value is -1.06. The molecular weight excluding hydrogens is 218 g/mol. The second-order valence-electron chi connectivity index (χ2n) is 6.09. The molecule has 96 valence electrons. The molecule has 1 aliphatic heterocycles. The lowest BCUT2D eigenvalue weighted by molar-refractivity contribution is -0.112. The average molecular weight is 239 g/mol. The van der Waals surface area contributed by atoms with E-state index < -0.39 is 5.60 Å². The monoisotopic (exact) mass is 239 g/mol. The van der Waals surface area contributed by atoms with Crippen LogP contribution in [-0.4, -0.2) is 35.0 Å². The Kier molecular flexibility index (Phi) is 3.15. The van der Waals surface area contributed by atoms with E-state index in [1.165, 1.54) is 0 Å². The van der Waals surface area contributed by atoms with E-state index in [-0.39, 0.29) is 18.2 Å². The topological polar surface area (TPSA) is 46.6 Å². The second kappa shape index (κ2) is 4.31. The first kappa shape index (κ1) is 12.4. The first-order valence-corrected chi connectivity index (χ1v) is 6.39. The summed E-state index contributed by atoms with van der Waals surface area (Å²) < 4.78 is 5.39. The van der Waals surface area contributed by atoms with Crippen LogP contribution in [0.5, 0.6) is 0 Å². The Balaban J connectivity index is 2.11. The highest BCUT2D eigenvalue weighted by molar-refractivity contribution is 5.75. The van der Waals surface area contributed by atoms with Gasteiger partial charge in [-0.3, -0.25) is 4.90 Å². The number of hydrogen-bond acceptors (Lipinski definition) is 3. The SMILES string of the molecule is CC(C)(C)OC(=O)N1[C@@H]2CCC[C@@H]2C[C@@H]1C=O. The zero-order chi connectivity index (χ0) is 12.6. The van der Waals surface area contributed by atoms with Gasteiger partial charge in [0.15, 0.2) is 0 Å². The molecule has 0 bridgehead atoms. The van der Waals surface area contributed by atoms with E-state index in [2.05, 4.69) is 0 Å². The van der Waals surface area contributed by atoms with Gasteiger partial charge in [0.25, 0.3) is 0 Å². The lowest BCUT2D eigenvalue weighted by Crippen LogP contribution is -2.44. The van der Waals surface area contributed by atoms with Gasteiger partial charge in [-0.2, -0.15) is 0 Å². The summed E-state index contributed by atoms with van der Waals surface area (Å²) in [4.78, 5) is 24.9. The van der Waals surface area contributed by atoms with E-state index in [4.69, 9.17) is 4.74 Å². The van der Waals surface area contributed by atoms with Crippen LogP contribution in [0.1, 0.15) is 46.5 Å². The molecule has 0 spiro atoms. The van der Waals surface area contributed by atoms with Gasteiger partial charge in [0.05, 0.1) is 6.04 Å². The molecule has 4 nitrogen and oxygen atoms in total. The van der Waals surface area contributed by atoms with Gasteiger partial charge in [-0.1, -0.05) is 6.42 Å². The number of rotatable bonds is 1. The summed E-state index contributed by atoms with van der Waals surface area (Å²) >= 11 is 0. The third-order valence-electron chi connectivity index (χ3n) is 3.64. The normalized spacial score (nSPS) is 32.4. The van der Waals surface area contributed by atoms with Crippen LogP contribution in [0.25, 0.3) is 0 Å². The minimum atomic E-state index is -0.499. The standard InChI is InChI=1S/C13H21NO3/c1-13(2,3)17-12(16)14-10(8-15)7-9-5-4-6-11(9)14/h8-11H,4-7H2,1-3H3/t9-,10-,11-/m1/s1. The van der Waals surface area contributed by atoms with Crippen LogP contribution in [-0.2, 0) is 9.53 Å². The minimum absolute atomic E-state index is 0.222. The van der Waals surface area contributed by atoms with Gasteiger partial charge in [-0.25, -0.2) is 4.79 Å². The van der Waals surface area contributed by atoms with Crippen molar-refractivity contribution in [1.82, 2.24) is 4.90 Å². The maximum absolute atomic E-state index is 12.1. The summed E-state index contributed by atoms with van der Waals surface area (Å²) in [5.74, 6) is 0.498. The highest BCUT2D eigenvalue weighted by Gasteiger charge is 2.47. The van der Waals surface area contributed by atoms with Gasteiger partial charge in [0.2, 0.25) is 0 Å². The lowest BCUT2D eigenvalue weighted by atomic mass is 10.0. The first-order chi connectivity index (χ1) is 7.92. The van der Waals surface area contributed by atoms with Crippen molar-refractivity contribution in [3.63, 3.8) is 0 Å². The molecule has 0 aromatic carbocycles. The fourth-order valence-corrected chi connectivity index (χ4v) is 3.03. The van der Waals surface area contributed by atoms with Gasteiger partial charge in [0.1, 0.15) is 11.9 Å². The molecule has 1 saturated heterocycles. The van der Waals surface area contributed by atoms with Crippen LogP contribution in [0.3, 0.4) is 0 Å². The summed E-state index contributed by atoms with van der Waals surface area (Å²) in [6.45, 7) is 5.55. The van der Waals surface area contributed by atoms with E-state index in [0.717, 1.165) is 32.0 Å². The second-order valence-corrected chi connectivity index (χ2v) is 6.09. The number of likely N-dealkylation sites (tertiary alicyclic amines) is 1. The number of carbonyl (C=O) groups is 2. The minimum Gasteiger partial charge on any atom is -0.444 e. The van der Waals surface area contributed by atoms with Crippen molar-refractivity contribution >= 4 is 12.4 Å². The molecule has 2 fully saturated rings. The van der Waals surface area contributed by atoms with Crippen molar-refractivity contribution in [3.8, 4) is 0 Å². The molecule has 3 atom stereocenters. The van der Waals surface area contributed by atoms with E-state index in [9.17, 15) is 9.59 Å². The summed E-state index contributed by atoms with van der Waals surface area (Å²) in [6, 6.07) is -0.0554. The van der Waals surface area contributed by atoms with Gasteiger partial charge in [-0.05, 0) is 46.0 Å². The number of nitrogens with zero attached hydrogens (tertiary/aromatic N) is 1. The van der Waals surface area contributed by atoms with Crippen LogP contribution >= 0.6 is 0 Å². The predicted octanol–water partition coefficient (Wildman–Crippen LogP) is 2.36. The molecule has 2 rings (SSSR count). The maximum Gasteiger partial charge on any atom is 0.411 e. The van der Waals surface area contributed by atoms with Gasteiger partial charge >= 0.3 is 6.09 Å². The van der Waals surface area contributed by atoms with Crippen molar-refractivity contribution in [1.29, 1.82) is 0 Å². The molecule has 1 saturated carbocycles. The lowest BCUT2D eigenvalue weighted by Gasteiger charge is -2.30. The summed E-state index contributed by atoms with van der Waals surface area (Å²) in [5.41, 5.74) is -0.499. The number of ether oxygens (including phenoxy) is 1. The van der Waals surface area contributed by atoms with Crippen LogP contribution in [0.15, 0.2) is 0 Å². The van der Waals surface area contributed by atoms with Crippen LogP contribution in [0.4, 0.5) is 4.79 Å². The fourth-order valence-electron chi connectivity index (χ4n) is 3.03. The third-order valence-corrected chi connectivity index (χ3v) is 3.64. The molecule has 0 aromatic heterocycles.